The Bertz CT molecular complexity index is 399. The molecule has 92 valence electrons. The van der Waals surface area contributed by atoms with Crippen LogP contribution in [-0.4, -0.2) is 29.0 Å². The number of carbonyl (C=O) groups is 1. The van der Waals surface area contributed by atoms with Crippen LogP contribution in [0.1, 0.15) is 25.3 Å². The standard InChI is InChI=1S/C14H19NO2/c1-2-15(10-11-6-7-11)14(17)9-12-4-3-5-13(16)8-12/h3-5,8,11,16H,2,6-7,9-10H2,1H3. The first-order valence-electron chi connectivity index (χ1n) is 6.24. The average Bonchev–Trinajstić information content (AvgIpc) is 3.09. The number of rotatable bonds is 5. The molecule has 1 N–H and O–H groups in total. The third kappa shape index (κ3) is 3.48. The molecular formula is C14H19NO2. The predicted molar refractivity (Wildman–Crippen MR) is 66.8 cm³/mol. The van der Waals surface area contributed by atoms with E-state index in [0.717, 1.165) is 24.6 Å². The van der Waals surface area contributed by atoms with Crippen LogP contribution < -0.4 is 0 Å². The van der Waals surface area contributed by atoms with E-state index in [1.807, 2.05) is 17.9 Å². The number of benzene rings is 1. The van der Waals surface area contributed by atoms with Gasteiger partial charge in [0, 0.05) is 13.1 Å². The van der Waals surface area contributed by atoms with E-state index in [1.54, 1.807) is 18.2 Å². The van der Waals surface area contributed by atoms with Crippen molar-refractivity contribution in [2.45, 2.75) is 26.2 Å². The number of aromatic hydroxyl groups is 1. The van der Waals surface area contributed by atoms with E-state index in [-0.39, 0.29) is 11.7 Å². The highest BCUT2D eigenvalue weighted by molar-refractivity contribution is 5.78. The van der Waals surface area contributed by atoms with Gasteiger partial charge in [-0.05, 0) is 43.4 Å². The van der Waals surface area contributed by atoms with Crippen molar-refractivity contribution < 1.29 is 9.90 Å². The molecule has 0 atom stereocenters. The Kier molecular flexibility index (Phi) is 3.67. The van der Waals surface area contributed by atoms with Crippen molar-refractivity contribution in [1.29, 1.82) is 0 Å². The van der Waals surface area contributed by atoms with E-state index in [0.29, 0.717) is 6.42 Å². The van der Waals surface area contributed by atoms with Crippen molar-refractivity contribution in [3.05, 3.63) is 29.8 Å². The molecular weight excluding hydrogens is 214 g/mol. The zero-order valence-corrected chi connectivity index (χ0v) is 10.2. The lowest BCUT2D eigenvalue weighted by molar-refractivity contribution is -0.130. The van der Waals surface area contributed by atoms with Crippen LogP contribution in [0.25, 0.3) is 0 Å². The molecule has 17 heavy (non-hydrogen) atoms. The minimum atomic E-state index is 0.157. The Morgan fingerprint density at radius 1 is 1.47 bits per heavy atom. The molecule has 0 unspecified atom stereocenters. The van der Waals surface area contributed by atoms with Gasteiger partial charge in [-0.3, -0.25) is 4.79 Å². The maximum absolute atomic E-state index is 12.1. The second-order valence-corrected chi connectivity index (χ2v) is 4.72. The first-order valence-corrected chi connectivity index (χ1v) is 6.24. The molecule has 3 nitrogen and oxygen atoms in total. The molecule has 0 bridgehead atoms. The van der Waals surface area contributed by atoms with E-state index in [1.165, 1.54) is 12.8 Å². The first-order chi connectivity index (χ1) is 8.19. The molecule has 3 heteroatoms. The quantitative estimate of drug-likeness (QED) is 0.847. The number of carbonyl (C=O) groups excluding carboxylic acids is 1. The SMILES string of the molecule is CCN(CC1CC1)C(=O)Cc1cccc(O)c1. The van der Waals surface area contributed by atoms with Gasteiger partial charge in [-0.25, -0.2) is 0 Å². The highest BCUT2D eigenvalue weighted by atomic mass is 16.3. The summed E-state index contributed by atoms with van der Waals surface area (Å²) in [6.07, 6.45) is 2.90. The van der Waals surface area contributed by atoms with Crippen LogP contribution in [0, 0.1) is 5.92 Å². The molecule has 2 rings (SSSR count). The molecule has 0 radical (unpaired) electrons. The number of phenolic OH excluding ortho intramolecular Hbond substituents is 1. The summed E-state index contributed by atoms with van der Waals surface area (Å²) in [7, 11) is 0. The predicted octanol–water partition coefficient (Wildman–Crippen LogP) is 2.19. The van der Waals surface area contributed by atoms with Gasteiger partial charge in [0.1, 0.15) is 5.75 Å². The summed E-state index contributed by atoms with van der Waals surface area (Å²) in [4.78, 5) is 14.0. The van der Waals surface area contributed by atoms with Gasteiger partial charge in [-0.15, -0.1) is 0 Å². The van der Waals surface area contributed by atoms with Crippen LogP contribution in [0.15, 0.2) is 24.3 Å². The van der Waals surface area contributed by atoms with Crippen molar-refractivity contribution in [3.8, 4) is 5.75 Å². The van der Waals surface area contributed by atoms with Crippen LogP contribution in [0.5, 0.6) is 5.75 Å². The van der Waals surface area contributed by atoms with Crippen molar-refractivity contribution in [3.63, 3.8) is 0 Å². The van der Waals surface area contributed by atoms with Crippen LogP contribution >= 0.6 is 0 Å². The molecule has 1 fully saturated rings. The van der Waals surface area contributed by atoms with Crippen LogP contribution in [0.2, 0.25) is 0 Å². The second kappa shape index (κ2) is 5.21. The van der Waals surface area contributed by atoms with E-state index in [2.05, 4.69) is 0 Å². The number of hydrogen-bond acceptors (Lipinski definition) is 2. The number of nitrogens with zero attached hydrogens (tertiary/aromatic N) is 1. The van der Waals surface area contributed by atoms with Crippen molar-refractivity contribution >= 4 is 5.91 Å². The molecule has 0 spiro atoms. The minimum Gasteiger partial charge on any atom is -0.508 e. The molecule has 1 aliphatic carbocycles. The number of amides is 1. The Morgan fingerprint density at radius 3 is 2.82 bits per heavy atom. The van der Waals surface area contributed by atoms with Gasteiger partial charge in [0.05, 0.1) is 6.42 Å². The zero-order chi connectivity index (χ0) is 12.3. The summed E-state index contributed by atoms with van der Waals surface area (Å²) < 4.78 is 0. The van der Waals surface area contributed by atoms with Crippen LogP contribution in [0.4, 0.5) is 0 Å². The monoisotopic (exact) mass is 233 g/mol. The summed E-state index contributed by atoms with van der Waals surface area (Å²) in [5, 5.41) is 9.35. The highest BCUT2D eigenvalue weighted by Gasteiger charge is 2.25. The number of hydrogen-bond donors (Lipinski definition) is 1. The lowest BCUT2D eigenvalue weighted by Crippen LogP contribution is -2.33. The van der Waals surface area contributed by atoms with Crippen molar-refractivity contribution in [2.24, 2.45) is 5.92 Å². The van der Waals surface area contributed by atoms with Gasteiger partial charge in [0.25, 0.3) is 0 Å². The van der Waals surface area contributed by atoms with Gasteiger partial charge in [0.2, 0.25) is 5.91 Å². The summed E-state index contributed by atoms with van der Waals surface area (Å²) in [5.74, 6) is 1.11. The van der Waals surface area contributed by atoms with Crippen molar-refractivity contribution in [1.82, 2.24) is 4.90 Å². The van der Waals surface area contributed by atoms with E-state index < -0.39 is 0 Å². The Morgan fingerprint density at radius 2 is 2.24 bits per heavy atom. The normalized spacial score (nSPS) is 14.6. The molecule has 0 aromatic heterocycles. The fourth-order valence-electron chi connectivity index (χ4n) is 1.97. The van der Waals surface area contributed by atoms with Crippen LogP contribution in [0.3, 0.4) is 0 Å². The second-order valence-electron chi connectivity index (χ2n) is 4.72. The summed E-state index contributed by atoms with van der Waals surface area (Å²) in [5.41, 5.74) is 0.879. The molecule has 1 amide bonds. The van der Waals surface area contributed by atoms with E-state index >= 15 is 0 Å². The minimum absolute atomic E-state index is 0.157. The summed E-state index contributed by atoms with van der Waals surface area (Å²) >= 11 is 0. The topological polar surface area (TPSA) is 40.5 Å². The number of phenols is 1. The third-order valence-electron chi connectivity index (χ3n) is 3.18. The van der Waals surface area contributed by atoms with Gasteiger partial charge < -0.3 is 10.0 Å². The molecule has 1 saturated carbocycles. The lowest BCUT2D eigenvalue weighted by Gasteiger charge is -2.20. The Hall–Kier alpha value is -1.51. The molecule has 0 aliphatic heterocycles. The largest absolute Gasteiger partial charge is 0.508 e. The Labute approximate surface area is 102 Å². The molecule has 0 saturated heterocycles. The lowest BCUT2D eigenvalue weighted by atomic mass is 10.1. The van der Waals surface area contributed by atoms with Crippen LogP contribution in [-0.2, 0) is 11.2 Å². The fraction of sp³-hybridized carbons (Fsp3) is 0.500. The maximum atomic E-state index is 12.1. The summed E-state index contributed by atoms with van der Waals surface area (Å²) in [6, 6.07) is 6.93. The average molecular weight is 233 g/mol. The Balaban J connectivity index is 1.94. The molecule has 0 heterocycles. The van der Waals surface area contributed by atoms with Gasteiger partial charge in [-0.1, -0.05) is 12.1 Å². The molecule has 1 aromatic carbocycles. The zero-order valence-electron chi connectivity index (χ0n) is 10.2. The van der Waals surface area contributed by atoms with E-state index in [4.69, 9.17) is 0 Å². The fourth-order valence-corrected chi connectivity index (χ4v) is 1.97. The maximum Gasteiger partial charge on any atom is 0.226 e. The molecule has 1 aliphatic rings. The smallest absolute Gasteiger partial charge is 0.226 e. The highest BCUT2D eigenvalue weighted by Crippen LogP contribution is 2.29. The van der Waals surface area contributed by atoms with Crippen molar-refractivity contribution in [2.75, 3.05) is 13.1 Å². The number of likely N-dealkylation sites (N-methyl/N-ethyl adjacent to an activating group) is 1. The van der Waals surface area contributed by atoms with E-state index in [9.17, 15) is 9.90 Å². The first kappa shape index (κ1) is 12.0. The van der Waals surface area contributed by atoms with Gasteiger partial charge in [0.15, 0.2) is 0 Å². The molecule has 1 aromatic rings. The van der Waals surface area contributed by atoms with Gasteiger partial charge in [-0.2, -0.15) is 0 Å². The van der Waals surface area contributed by atoms with Gasteiger partial charge >= 0.3 is 0 Å². The third-order valence-corrected chi connectivity index (χ3v) is 3.18. The summed E-state index contributed by atoms with van der Waals surface area (Å²) in [6.45, 7) is 3.69.